The zero-order valence-corrected chi connectivity index (χ0v) is 12.3. The molecule has 2 N–H and O–H groups in total. The van der Waals surface area contributed by atoms with Crippen LogP contribution in [0, 0.1) is 0 Å². The summed E-state index contributed by atoms with van der Waals surface area (Å²) in [6.07, 6.45) is 2.99. The first-order chi connectivity index (χ1) is 9.35. The molecule has 0 aromatic carbocycles. The van der Waals surface area contributed by atoms with E-state index < -0.39 is 5.60 Å². The van der Waals surface area contributed by atoms with E-state index in [4.69, 9.17) is 10.5 Å². The van der Waals surface area contributed by atoms with E-state index in [-0.39, 0.29) is 6.09 Å². The van der Waals surface area contributed by atoms with Crippen LogP contribution in [-0.2, 0) is 4.74 Å². The van der Waals surface area contributed by atoms with Crippen molar-refractivity contribution in [3.05, 3.63) is 18.1 Å². The van der Waals surface area contributed by atoms with Crippen LogP contribution >= 0.6 is 0 Å². The van der Waals surface area contributed by atoms with Crippen LogP contribution in [0.2, 0.25) is 0 Å². The van der Waals surface area contributed by atoms with Gasteiger partial charge in [-0.05, 0) is 33.6 Å². The van der Waals surface area contributed by atoms with Crippen LogP contribution in [0.1, 0.15) is 45.2 Å². The summed E-state index contributed by atoms with van der Waals surface area (Å²) in [7, 11) is 0. The van der Waals surface area contributed by atoms with Crippen molar-refractivity contribution in [3.63, 3.8) is 0 Å². The number of nitrogen functional groups attached to an aromatic ring is 1. The van der Waals surface area contributed by atoms with Gasteiger partial charge in [-0.25, -0.2) is 14.8 Å². The number of hydrogen-bond donors (Lipinski definition) is 1. The van der Waals surface area contributed by atoms with E-state index in [1.165, 1.54) is 6.33 Å². The summed E-state index contributed by atoms with van der Waals surface area (Å²) in [5.41, 5.74) is 6.18. The van der Waals surface area contributed by atoms with Gasteiger partial charge in [-0.1, -0.05) is 0 Å². The summed E-state index contributed by atoms with van der Waals surface area (Å²) in [4.78, 5) is 21.9. The van der Waals surface area contributed by atoms with Crippen molar-refractivity contribution in [2.75, 3.05) is 18.8 Å². The molecule has 1 aliphatic heterocycles. The summed E-state index contributed by atoms with van der Waals surface area (Å²) in [5, 5.41) is 0. The van der Waals surface area contributed by atoms with Crippen molar-refractivity contribution in [2.45, 2.75) is 45.1 Å². The first-order valence-electron chi connectivity index (χ1n) is 6.90. The van der Waals surface area contributed by atoms with Crippen LogP contribution in [0.5, 0.6) is 0 Å². The predicted molar refractivity (Wildman–Crippen MR) is 76.2 cm³/mol. The Morgan fingerprint density at radius 3 is 2.55 bits per heavy atom. The Kier molecular flexibility index (Phi) is 4.11. The maximum Gasteiger partial charge on any atom is 0.410 e. The normalized spacial score (nSPS) is 17.1. The van der Waals surface area contributed by atoms with Crippen LogP contribution in [-0.4, -0.2) is 39.7 Å². The molecule has 6 heteroatoms. The van der Waals surface area contributed by atoms with E-state index in [0.717, 1.165) is 18.5 Å². The highest BCUT2D eigenvalue weighted by atomic mass is 16.6. The molecule has 1 aromatic heterocycles. The lowest BCUT2D eigenvalue weighted by molar-refractivity contribution is 0.0204. The van der Waals surface area contributed by atoms with Gasteiger partial charge in [0.25, 0.3) is 0 Å². The third-order valence-corrected chi connectivity index (χ3v) is 3.27. The minimum absolute atomic E-state index is 0.238. The molecule has 0 radical (unpaired) electrons. The molecule has 0 bridgehead atoms. The van der Waals surface area contributed by atoms with Gasteiger partial charge in [0.05, 0.1) is 0 Å². The molecule has 1 aliphatic rings. The number of ether oxygens (including phenoxy) is 1. The minimum Gasteiger partial charge on any atom is -0.444 e. The molecule has 1 aromatic rings. The second-order valence-corrected chi connectivity index (χ2v) is 6.11. The fourth-order valence-corrected chi connectivity index (χ4v) is 2.30. The topological polar surface area (TPSA) is 81.3 Å². The molecule has 2 heterocycles. The van der Waals surface area contributed by atoms with Gasteiger partial charge in [0.1, 0.15) is 17.7 Å². The molecule has 0 aliphatic carbocycles. The van der Waals surface area contributed by atoms with Crippen molar-refractivity contribution in [2.24, 2.45) is 0 Å². The van der Waals surface area contributed by atoms with Gasteiger partial charge >= 0.3 is 6.09 Å². The molecule has 1 fully saturated rings. The van der Waals surface area contributed by atoms with Crippen LogP contribution in [0.3, 0.4) is 0 Å². The van der Waals surface area contributed by atoms with Gasteiger partial charge in [-0.15, -0.1) is 0 Å². The van der Waals surface area contributed by atoms with E-state index in [1.54, 1.807) is 4.90 Å². The quantitative estimate of drug-likeness (QED) is 0.851. The van der Waals surface area contributed by atoms with Crippen molar-refractivity contribution in [1.82, 2.24) is 14.9 Å². The number of amides is 1. The number of nitrogens with two attached hydrogens (primary N) is 1. The summed E-state index contributed by atoms with van der Waals surface area (Å²) >= 11 is 0. The van der Waals surface area contributed by atoms with E-state index >= 15 is 0 Å². The average molecular weight is 278 g/mol. The van der Waals surface area contributed by atoms with Gasteiger partial charge in [0.2, 0.25) is 0 Å². The van der Waals surface area contributed by atoms with Crippen LogP contribution in [0.4, 0.5) is 10.6 Å². The zero-order valence-electron chi connectivity index (χ0n) is 12.3. The highest BCUT2D eigenvalue weighted by Crippen LogP contribution is 2.27. The Labute approximate surface area is 119 Å². The molecule has 1 saturated heterocycles. The maximum atomic E-state index is 12.0. The fraction of sp³-hybridized carbons (Fsp3) is 0.643. The number of nitrogens with zero attached hydrogens (tertiary/aromatic N) is 3. The molecular formula is C14H22N4O2. The van der Waals surface area contributed by atoms with E-state index in [1.807, 2.05) is 26.8 Å². The Balaban J connectivity index is 1.91. The molecule has 0 saturated carbocycles. The Bertz CT molecular complexity index is 476. The molecule has 0 unspecified atom stereocenters. The lowest BCUT2D eigenvalue weighted by atomic mass is 9.93. The van der Waals surface area contributed by atoms with Crippen molar-refractivity contribution in [1.29, 1.82) is 0 Å². The van der Waals surface area contributed by atoms with Gasteiger partial charge in [0, 0.05) is 30.8 Å². The smallest absolute Gasteiger partial charge is 0.410 e. The fourth-order valence-electron chi connectivity index (χ4n) is 2.30. The summed E-state index contributed by atoms with van der Waals surface area (Å²) in [6.45, 7) is 7.00. The largest absolute Gasteiger partial charge is 0.444 e. The van der Waals surface area contributed by atoms with Crippen LogP contribution in [0.25, 0.3) is 0 Å². The maximum absolute atomic E-state index is 12.0. The Morgan fingerprint density at radius 1 is 1.35 bits per heavy atom. The van der Waals surface area contributed by atoms with E-state index in [9.17, 15) is 4.79 Å². The number of anilines is 1. The summed E-state index contributed by atoms with van der Waals surface area (Å²) in [5.74, 6) is 0.823. The van der Waals surface area contributed by atoms with Crippen molar-refractivity contribution < 1.29 is 9.53 Å². The predicted octanol–water partition coefficient (Wildman–Crippen LogP) is 2.17. The second kappa shape index (κ2) is 5.64. The van der Waals surface area contributed by atoms with Gasteiger partial charge in [0.15, 0.2) is 0 Å². The van der Waals surface area contributed by atoms with E-state index in [2.05, 4.69) is 9.97 Å². The Hall–Kier alpha value is -1.85. The molecule has 6 nitrogen and oxygen atoms in total. The van der Waals surface area contributed by atoms with Crippen molar-refractivity contribution in [3.8, 4) is 0 Å². The summed E-state index contributed by atoms with van der Waals surface area (Å²) < 4.78 is 5.38. The number of carbonyl (C=O) groups is 1. The molecule has 0 spiro atoms. The molecule has 2 rings (SSSR count). The minimum atomic E-state index is -0.449. The number of rotatable bonds is 1. The highest BCUT2D eigenvalue weighted by Gasteiger charge is 2.27. The lowest BCUT2D eigenvalue weighted by Crippen LogP contribution is -2.41. The molecule has 0 atom stereocenters. The van der Waals surface area contributed by atoms with Crippen LogP contribution < -0.4 is 5.73 Å². The van der Waals surface area contributed by atoms with Gasteiger partial charge < -0.3 is 15.4 Å². The van der Waals surface area contributed by atoms with Gasteiger partial charge in [-0.2, -0.15) is 0 Å². The third-order valence-electron chi connectivity index (χ3n) is 3.27. The average Bonchev–Trinajstić information content (AvgIpc) is 2.37. The number of hydrogen-bond acceptors (Lipinski definition) is 5. The molecule has 1 amide bonds. The van der Waals surface area contributed by atoms with Crippen LogP contribution in [0.15, 0.2) is 12.4 Å². The molecular weight excluding hydrogens is 256 g/mol. The standard InChI is InChI=1S/C14H22N4O2/c1-14(2,3)20-13(19)18-6-4-10(5-7-18)11-8-12(15)17-9-16-11/h8-10H,4-7H2,1-3H3,(H2,15,16,17). The third kappa shape index (κ3) is 3.82. The number of aromatic nitrogens is 2. The highest BCUT2D eigenvalue weighted by molar-refractivity contribution is 5.68. The molecule has 20 heavy (non-hydrogen) atoms. The first kappa shape index (κ1) is 14.6. The first-order valence-corrected chi connectivity index (χ1v) is 6.90. The van der Waals surface area contributed by atoms with E-state index in [0.29, 0.717) is 24.8 Å². The SMILES string of the molecule is CC(C)(C)OC(=O)N1CCC(c2cc(N)ncn2)CC1. The molecule has 110 valence electrons. The lowest BCUT2D eigenvalue weighted by Gasteiger charge is -2.33. The zero-order chi connectivity index (χ0) is 14.8. The number of carbonyl (C=O) groups excluding carboxylic acids is 1. The monoisotopic (exact) mass is 278 g/mol. The summed E-state index contributed by atoms with van der Waals surface area (Å²) in [6, 6.07) is 1.81. The van der Waals surface area contributed by atoms with Gasteiger partial charge in [-0.3, -0.25) is 0 Å². The number of piperidine rings is 1. The second-order valence-electron chi connectivity index (χ2n) is 6.11. The Morgan fingerprint density at radius 2 is 2.00 bits per heavy atom. The number of likely N-dealkylation sites (tertiary alicyclic amines) is 1. The van der Waals surface area contributed by atoms with Crippen molar-refractivity contribution >= 4 is 11.9 Å².